The molecule has 0 spiro atoms. The van der Waals surface area contributed by atoms with Gasteiger partial charge in [-0.1, -0.05) is 38.0 Å². The summed E-state index contributed by atoms with van der Waals surface area (Å²) < 4.78 is 0. The number of nitrogens with one attached hydrogen (secondary N) is 1. The van der Waals surface area contributed by atoms with Crippen molar-refractivity contribution in [1.82, 2.24) is 5.32 Å². The summed E-state index contributed by atoms with van der Waals surface area (Å²) in [7, 11) is 0. The van der Waals surface area contributed by atoms with E-state index in [1.807, 2.05) is 0 Å². The maximum Gasteiger partial charge on any atom is -0.00489 e. The first-order chi connectivity index (χ1) is 9.90. The molecule has 0 amide bonds. The van der Waals surface area contributed by atoms with Crippen LogP contribution in [0.3, 0.4) is 0 Å². The lowest BCUT2D eigenvalue weighted by Crippen LogP contribution is -2.15. The van der Waals surface area contributed by atoms with Crippen molar-refractivity contribution in [2.45, 2.75) is 71.1 Å². The standard InChI is InChI=1S/C19H31N/c1-2-14-20-15-8-4-3-5-9-17-12-13-18-10-6-7-11-19(18)16-17/h12-13,16,20H,2-11,14-15H2,1H3. The van der Waals surface area contributed by atoms with Gasteiger partial charge in [-0.05, 0) is 81.1 Å². The molecule has 20 heavy (non-hydrogen) atoms. The van der Waals surface area contributed by atoms with Gasteiger partial charge in [-0.15, -0.1) is 0 Å². The van der Waals surface area contributed by atoms with Crippen LogP contribution in [-0.4, -0.2) is 13.1 Å². The molecule has 1 aliphatic carbocycles. The molecule has 1 aromatic carbocycles. The number of hydrogen-bond donors (Lipinski definition) is 1. The summed E-state index contributed by atoms with van der Waals surface area (Å²) in [6, 6.07) is 7.24. The minimum absolute atomic E-state index is 1.18. The number of aryl methyl sites for hydroxylation is 3. The number of hydrogen-bond acceptors (Lipinski definition) is 1. The van der Waals surface area contributed by atoms with Crippen molar-refractivity contribution in [3.05, 3.63) is 34.9 Å². The number of benzene rings is 1. The molecule has 0 aliphatic heterocycles. The minimum atomic E-state index is 1.18. The van der Waals surface area contributed by atoms with Crippen molar-refractivity contribution < 1.29 is 0 Å². The fraction of sp³-hybridized carbons (Fsp3) is 0.684. The normalized spacial score (nSPS) is 14.2. The van der Waals surface area contributed by atoms with Crippen LogP contribution in [0.25, 0.3) is 0 Å². The summed E-state index contributed by atoms with van der Waals surface area (Å²) in [5, 5.41) is 3.48. The van der Waals surface area contributed by atoms with Crippen molar-refractivity contribution in [3.8, 4) is 0 Å². The fourth-order valence-electron chi connectivity index (χ4n) is 3.18. The second kappa shape index (κ2) is 9.18. The van der Waals surface area contributed by atoms with Gasteiger partial charge in [0.15, 0.2) is 0 Å². The Morgan fingerprint density at radius 1 is 0.900 bits per heavy atom. The second-order valence-corrected chi connectivity index (χ2v) is 6.22. The molecule has 0 heterocycles. The highest BCUT2D eigenvalue weighted by atomic mass is 14.8. The Bertz CT molecular complexity index is 383. The molecule has 0 saturated heterocycles. The van der Waals surface area contributed by atoms with Crippen LogP contribution in [0.1, 0.15) is 68.6 Å². The molecule has 0 fully saturated rings. The van der Waals surface area contributed by atoms with E-state index in [1.54, 1.807) is 16.7 Å². The van der Waals surface area contributed by atoms with E-state index >= 15 is 0 Å². The molecule has 1 aliphatic rings. The largest absolute Gasteiger partial charge is 0.317 e. The van der Waals surface area contributed by atoms with Gasteiger partial charge in [-0.3, -0.25) is 0 Å². The maximum atomic E-state index is 3.48. The van der Waals surface area contributed by atoms with Crippen molar-refractivity contribution in [1.29, 1.82) is 0 Å². The third kappa shape index (κ3) is 5.28. The monoisotopic (exact) mass is 273 g/mol. The molecule has 0 atom stereocenters. The third-order valence-electron chi connectivity index (χ3n) is 4.41. The lowest BCUT2D eigenvalue weighted by molar-refractivity contribution is 0.584. The van der Waals surface area contributed by atoms with Gasteiger partial charge in [0.05, 0.1) is 0 Å². The van der Waals surface area contributed by atoms with Gasteiger partial charge in [-0.25, -0.2) is 0 Å². The van der Waals surface area contributed by atoms with E-state index < -0.39 is 0 Å². The Labute approximate surface area is 125 Å². The van der Waals surface area contributed by atoms with Gasteiger partial charge < -0.3 is 5.32 Å². The van der Waals surface area contributed by atoms with Crippen molar-refractivity contribution in [3.63, 3.8) is 0 Å². The van der Waals surface area contributed by atoms with Crippen molar-refractivity contribution in [2.75, 3.05) is 13.1 Å². The van der Waals surface area contributed by atoms with Gasteiger partial charge in [0, 0.05) is 0 Å². The minimum Gasteiger partial charge on any atom is -0.317 e. The average Bonchev–Trinajstić information content (AvgIpc) is 2.50. The summed E-state index contributed by atoms with van der Waals surface area (Å²) >= 11 is 0. The van der Waals surface area contributed by atoms with Crippen LogP contribution in [0.15, 0.2) is 18.2 Å². The van der Waals surface area contributed by atoms with Crippen LogP contribution in [0.2, 0.25) is 0 Å². The van der Waals surface area contributed by atoms with Crippen LogP contribution >= 0.6 is 0 Å². The van der Waals surface area contributed by atoms with E-state index in [9.17, 15) is 0 Å². The van der Waals surface area contributed by atoms with Gasteiger partial charge in [0.1, 0.15) is 0 Å². The van der Waals surface area contributed by atoms with Crippen LogP contribution in [-0.2, 0) is 19.3 Å². The summed E-state index contributed by atoms with van der Waals surface area (Å²) in [6.45, 7) is 4.60. The maximum absolute atomic E-state index is 3.48. The van der Waals surface area contributed by atoms with E-state index in [0.29, 0.717) is 0 Å². The molecule has 0 bridgehead atoms. The van der Waals surface area contributed by atoms with Crippen LogP contribution in [0.4, 0.5) is 0 Å². The zero-order chi connectivity index (χ0) is 14.0. The Kier molecular flexibility index (Phi) is 7.14. The molecule has 112 valence electrons. The topological polar surface area (TPSA) is 12.0 Å². The van der Waals surface area contributed by atoms with E-state index in [0.717, 1.165) is 0 Å². The van der Waals surface area contributed by atoms with Gasteiger partial charge in [-0.2, -0.15) is 0 Å². The molecule has 1 aromatic rings. The predicted octanol–water partition coefficient (Wildman–Crippen LogP) is 4.67. The Hall–Kier alpha value is -0.820. The molecule has 1 nitrogen and oxygen atoms in total. The molecule has 1 N–H and O–H groups in total. The van der Waals surface area contributed by atoms with Gasteiger partial charge >= 0.3 is 0 Å². The summed E-state index contributed by atoms with van der Waals surface area (Å²) in [5.74, 6) is 0. The molecule has 0 radical (unpaired) electrons. The third-order valence-corrected chi connectivity index (χ3v) is 4.41. The van der Waals surface area contributed by atoms with E-state index in [-0.39, 0.29) is 0 Å². The predicted molar refractivity (Wildman–Crippen MR) is 88.4 cm³/mol. The molecule has 2 rings (SSSR count). The summed E-state index contributed by atoms with van der Waals surface area (Å²) in [4.78, 5) is 0. The lowest BCUT2D eigenvalue weighted by Gasteiger charge is -2.16. The van der Waals surface area contributed by atoms with Crippen LogP contribution in [0.5, 0.6) is 0 Å². The number of rotatable bonds is 9. The Morgan fingerprint density at radius 3 is 2.55 bits per heavy atom. The highest BCUT2D eigenvalue weighted by molar-refractivity contribution is 5.33. The molecule has 0 aromatic heterocycles. The van der Waals surface area contributed by atoms with Crippen molar-refractivity contribution >= 4 is 0 Å². The zero-order valence-electron chi connectivity index (χ0n) is 13.2. The van der Waals surface area contributed by atoms with E-state index in [4.69, 9.17) is 0 Å². The first-order valence-corrected chi connectivity index (χ1v) is 8.71. The fourth-order valence-corrected chi connectivity index (χ4v) is 3.18. The average molecular weight is 273 g/mol. The molecule has 0 unspecified atom stereocenters. The van der Waals surface area contributed by atoms with Crippen molar-refractivity contribution in [2.24, 2.45) is 0 Å². The number of unbranched alkanes of at least 4 members (excludes halogenated alkanes) is 3. The smallest absolute Gasteiger partial charge is 0.00489 e. The zero-order valence-corrected chi connectivity index (χ0v) is 13.2. The highest BCUT2D eigenvalue weighted by Crippen LogP contribution is 2.23. The lowest BCUT2D eigenvalue weighted by atomic mass is 9.89. The Balaban J connectivity index is 1.60. The molecular weight excluding hydrogens is 242 g/mol. The molecule has 0 saturated carbocycles. The van der Waals surface area contributed by atoms with Gasteiger partial charge in [0.25, 0.3) is 0 Å². The quantitative estimate of drug-likeness (QED) is 0.645. The first-order valence-electron chi connectivity index (χ1n) is 8.71. The van der Waals surface area contributed by atoms with Crippen LogP contribution in [0, 0.1) is 0 Å². The second-order valence-electron chi connectivity index (χ2n) is 6.22. The Morgan fingerprint density at radius 2 is 1.70 bits per heavy atom. The van der Waals surface area contributed by atoms with E-state index in [1.165, 1.54) is 77.3 Å². The molecule has 1 heteroatoms. The summed E-state index contributed by atoms with van der Waals surface area (Å²) in [5.41, 5.74) is 4.81. The van der Waals surface area contributed by atoms with Gasteiger partial charge in [0.2, 0.25) is 0 Å². The first kappa shape index (κ1) is 15.6. The van der Waals surface area contributed by atoms with E-state index in [2.05, 4.69) is 30.4 Å². The number of fused-ring (bicyclic) bond motifs is 1. The highest BCUT2D eigenvalue weighted by Gasteiger charge is 2.09. The SMILES string of the molecule is CCCNCCCCCCc1ccc2c(c1)CCCC2. The van der Waals surface area contributed by atoms with Crippen LogP contribution < -0.4 is 5.32 Å². The summed E-state index contributed by atoms with van der Waals surface area (Å²) in [6.07, 6.45) is 13.4. The molecular formula is C19H31N.